The molecule has 1 amide bonds. The van der Waals surface area contributed by atoms with Crippen LogP contribution in [0.1, 0.15) is 39.2 Å². The van der Waals surface area contributed by atoms with E-state index in [1.807, 2.05) is 33.9 Å². The Kier molecular flexibility index (Phi) is 5.09. The van der Waals surface area contributed by atoms with E-state index >= 15 is 0 Å². The van der Waals surface area contributed by atoms with Crippen LogP contribution >= 0.6 is 0 Å². The second-order valence-electron chi connectivity index (χ2n) is 6.92. The molecule has 0 saturated heterocycles. The Morgan fingerprint density at radius 2 is 2.22 bits per heavy atom. The highest BCUT2D eigenvalue weighted by molar-refractivity contribution is 5.67. The summed E-state index contributed by atoms with van der Waals surface area (Å²) >= 11 is 0. The molecule has 0 aliphatic heterocycles. The monoisotopic (exact) mass is 316 g/mol. The number of rotatable bonds is 5. The second-order valence-corrected chi connectivity index (χ2v) is 6.92. The molecule has 6 heteroatoms. The molecule has 2 rings (SSSR count). The van der Waals surface area contributed by atoms with Crippen LogP contribution < -0.4 is 10.2 Å². The SMILES string of the molecule is CN(c1ccc(C#N)cn1)C(CNC(=O)OC(C)(C)C)C1CC1. The number of aromatic nitrogens is 1. The smallest absolute Gasteiger partial charge is 0.407 e. The van der Waals surface area contributed by atoms with E-state index in [9.17, 15) is 4.79 Å². The summed E-state index contributed by atoms with van der Waals surface area (Å²) in [6.07, 6.45) is 3.48. The third kappa shape index (κ3) is 5.13. The molecule has 1 N–H and O–H groups in total. The fraction of sp³-hybridized carbons (Fsp3) is 0.588. The number of carbonyl (C=O) groups excluding carboxylic acids is 1. The quantitative estimate of drug-likeness (QED) is 0.903. The van der Waals surface area contributed by atoms with Gasteiger partial charge in [0.1, 0.15) is 17.5 Å². The number of carbonyl (C=O) groups is 1. The van der Waals surface area contributed by atoms with Gasteiger partial charge in [0.15, 0.2) is 0 Å². The lowest BCUT2D eigenvalue weighted by molar-refractivity contribution is 0.0523. The van der Waals surface area contributed by atoms with Gasteiger partial charge in [-0.25, -0.2) is 9.78 Å². The van der Waals surface area contributed by atoms with Crippen molar-refractivity contribution in [1.29, 1.82) is 5.26 Å². The van der Waals surface area contributed by atoms with Gasteiger partial charge in [-0.05, 0) is 51.7 Å². The van der Waals surface area contributed by atoms with Gasteiger partial charge in [-0.15, -0.1) is 0 Å². The van der Waals surface area contributed by atoms with Crippen LogP contribution in [0.15, 0.2) is 18.3 Å². The van der Waals surface area contributed by atoms with Gasteiger partial charge in [0.2, 0.25) is 0 Å². The van der Waals surface area contributed by atoms with Gasteiger partial charge in [0, 0.05) is 19.8 Å². The summed E-state index contributed by atoms with van der Waals surface area (Å²) in [6.45, 7) is 6.05. The predicted molar refractivity (Wildman–Crippen MR) is 88.1 cm³/mol. The maximum absolute atomic E-state index is 11.8. The maximum atomic E-state index is 11.8. The molecule has 0 aromatic carbocycles. The number of ether oxygens (including phenoxy) is 1. The minimum Gasteiger partial charge on any atom is -0.444 e. The minimum absolute atomic E-state index is 0.169. The largest absolute Gasteiger partial charge is 0.444 e. The number of nitrogens with one attached hydrogen (secondary N) is 1. The van der Waals surface area contributed by atoms with Gasteiger partial charge in [0.05, 0.1) is 11.6 Å². The summed E-state index contributed by atoms with van der Waals surface area (Å²) in [7, 11) is 1.97. The first kappa shape index (κ1) is 17.1. The molecule has 124 valence electrons. The Morgan fingerprint density at radius 3 is 2.70 bits per heavy atom. The molecule has 0 spiro atoms. The molecule has 1 heterocycles. The van der Waals surface area contributed by atoms with E-state index in [-0.39, 0.29) is 6.04 Å². The number of amides is 1. The van der Waals surface area contributed by atoms with Gasteiger partial charge < -0.3 is 15.0 Å². The minimum atomic E-state index is -0.500. The van der Waals surface area contributed by atoms with Crippen LogP contribution in [-0.2, 0) is 4.74 Å². The first-order chi connectivity index (χ1) is 10.8. The van der Waals surface area contributed by atoms with Crippen molar-refractivity contribution < 1.29 is 9.53 Å². The third-order valence-electron chi connectivity index (χ3n) is 3.76. The molecule has 23 heavy (non-hydrogen) atoms. The molecule has 1 saturated carbocycles. The van der Waals surface area contributed by atoms with E-state index in [0.717, 1.165) is 18.7 Å². The van der Waals surface area contributed by atoms with Crippen molar-refractivity contribution >= 4 is 11.9 Å². The van der Waals surface area contributed by atoms with E-state index in [1.54, 1.807) is 12.3 Å². The van der Waals surface area contributed by atoms with Gasteiger partial charge in [-0.1, -0.05) is 0 Å². The Hall–Kier alpha value is -2.29. The van der Waals surface area contributed by atoms with Crippen molar-refractivity contribution in [2.45, 2.75) is 45.3 Å². The Balaban J connectivity index is 1.97. The third-order valence-corrected chi connectivity index (χ3v) is 3.76. The Morgan fingerprint density at radius 1 is 1.52 bits per heavy atom. The molecular weight excluding hydrogens is 292 g/mol. The molecule has 1 aromatic heterocycles. The van der Waals surface area contributed by atoms with Crippen LogP contribution in [0.25, 0.3) is 0 Å². The van der Waals surface area contributed by atoms with Crippen LogP contribution in [-0.4, -0.2) is 36.3 Å². The van der Waals surface area contributed by atoms with Crippen LogP contribution in [0.5, 0.6) is 0 Å². The standard InChI is InChI=1S/C17H24N4O2/c1-17(2,3)23-16(22)20-11-14(13-6-7-13)21(4)15-8-5-12(9-18)10-19-15/h5,8,10,13-14H,6-7,11H2,1-4H3,(H,20,22). The first-order valence-electron chi connectivity index (χ1n) is 7.86. The average Bonchev–Trinajstić information content (AvgIpc) is 3.30. The highest BCUT2D eigenvalue weighted by Gasteiger charge is 2.35. The summed E-state index contributed by atoms with van der Waals surface area (Å²) in [5.74, 6) is 1.35. The van der Waals surface area contributed by atoms with Crippen molar-refractivity contribution in [3.05, 3.63) is 23.9 Å². The lowest BCUT2D eigenvalue weighted by Crippen LogP contribution is -2.45. The van der Waals surface area contributed by atoms with Crippen molar-refractivity contribution in [3.63, 3.8) is 0 Å². The highest BCUT2D eigenvalue weighted by atomic mass is 16.6. The Labute approximate surface area is 137 Å². The van der Waals surface area contributed by atoms with Crippen molar-refractivity contribution in [2.24, 2.45) is 5.92 Å². The van der Waals surface area contributed by atoms with Crippen molar-refractivity contribution in [2.75, 3.05) is 18.5 Å². The summed E-state index contributed by atoms with van der Waals surface area (Å²) in [5, 5.41) is 11.7. The fourth-order valence-corrected chi connectivity index (χ4v) is 2.43. The molecule has 0 radical (unpaired) electrons. The topological polar surface area (TPSA) is 78.3 Å². The van der Waals surface area contributed by atoms with Gasteiger partial charge in [-0.3, -0.25) is 0 Å². The number of hydrogen-bond acceptors (Lipinski definition) is 5. The maximum Gasteiger partial charge on any atom is 0.407 e. The molecule has 1 aliphatic rings. The van der Waals surface area contributed by atoms with E-state index < -0.39 is 11.7 Å². The summed E-state index contributed by atoms with van der Waals surface area (Å²) in [4.78, 5) is 18.2. The molecule has 1 aromatic rings. The zero-order valence-corrected chi connectivity index (χ0v) is 14.2. The lowest BCUT2D eigenvalue weighted by Gasteiger charge is -2.30. The number of anilines is 1. The van der Waals surface area contributed by atoms with Gasteiger partial charge in [0.25, 0.3) is 0 Å². The molecule has 0 bridgehead atoms. The number of nitriles is 1. The summed E-state index contributed by atoms with van der Waals surface area (Å²) < 4.78 is 5.28. The van der Waals surface area contributed by atoms with Crippen LogP contribution in [0.3, 0.4) is 0 Å². The average molecular weight is 316 g/mol. The highest BCUT2D eigenvalue weighted by Crippen LogP contribution is 2.36. The zero-order valence-electron chi connectivity index (χ0n) is 14.2. The lowest BCUT2D eigenvalue weighted by atomic mass is 10.1. The molecule has 1 fully saturated rings. The van der Waals surface area contributed by atoms with Crippen LogP contribution in [0.4, 0.5) is 10.6 Å². The summed E-state index contributed by atoms with van der Waals surface area (Å²) in [6, 6.07) is 5.82. The van der Waals surface area contributed by atoms with Crippen LogP contribution in [0.2, 0.25) is 0 Å². The molecule has 1 aliphatic carbocycles. The number of nitrogens with zero attached hydrogens (tertiary/aromatic N) is 3. The number of likely N-dealkylation sites (N-methyl/N-ethyl adjacent to an activating group) is 1. The Bertz CT molecular complexity index is 582. The van der Waals surface area contributed by atoms with E-state index in [1.165, 1.54) is 0 Å². The van der Waals surface area contributed by atoms with Crippen LogP contribution in [0, 0.1) is 17.2 Å². The predicted octanol–water partition coefficient (Wildman–Crippen LogP) is 2.69. The molecule has 1 atom stereocenters. The number of hydrogen-bond donors (Lipinski definition) is 1. The number of alkyl carbamates (subject to hydrolysis) is 1. The zero-order chi connectivity index (χ0) is 17.0. The second kappa shape index (κ2) is 6.86. The van der Waals surface area contributed by atoms with E-state index in [2.05, 4.69) is 21.3 Å². The summed E-state index contributed by atoms with van der Waals surface area (Å²) in [5.41, 5.74) is 0.0386. The molecule has 6 nitrogen and oxygen atoms in total. The van der Waals surface area contributed by atoms with Gasteiger partial charge >= 0.3 is 6.09 Å². The molecular formula is C17H24N4O2. The normalized spacial score (nSPS) is 15.4. The number of pyridine rings is 1. The fourth-order valence-electron chi connectivity index (χ4n) is 2.43. The van der Waals surface area contributed by atoms with Crippen molar-refractivity contribution in [3.8, 4) is 6.07 Å². The van der Waals surface area contributed by atoms with Crippen molar-refractivity contribution in [1.82, 2.24) is 10.3 Å². The first-order valence-corrected chi connectivity index (χ1v) is 7.86. The molecule has 1 unspecified atom stereocenters. The van der Waals surface area contributed by atoms with E-state index in [4.69, 9.17) is 10.00 Å². The van der Waals surface area contributed by atoms with Gasteiger partial charge in [-0.2, -0.15) is 5.26 Å². The van der Waals surface area contributed by atoms with E-state index in [0.29, 0.717) is 18.0 Å².